The van der Waals surface area contributed by atoms with Crippen molar-refractivity contribution in [3.8, 4) is 11.4 Å². The fourth-order valence-electron chi connectivity index (χ4n) is 3.77. The average Bonchev–Trinajstić information content (AvgIpc) is 3.24. The number of carboxylic acids is 1. The van der Waals surface area contributed by atoms with E-state index >= 15 is 0 Å². The van der Waals surface area contributed by atoms with Gasteiger partial charge in [-0.05, 0) is 85.8 Å². The molecule has 0 saturated carbocycles. The molecule has 3 aromatic rings. The lowest BCUT2D eigenvalue weighted by atomic mass is 10.2. The summed E-state index contributed by atoms with van der Waals surface area (Å²) in [5.41, 5.74) is 3.01. The molecule has 4 rings (SSSR count). The molecule has 10 heteroatoms. The van der Waals surface area contributed by atoms with Crippen LogP contribution in [0.3, 0.4) is 0 Å². The third-order valence-electron chi connectivity index (χ3n) is 5.47. The lowest BCUT2D eigenvalue weighted by Gasteiger charge is -2.13. The molecule has 2 amide bonds. The Labute approximate surface area is 215 Å². The molecule has 1 N–H and O–H groups in total. The van der Waals surface area contributed by atoms with E-state index in [1.54, 1.807) is 36.4 Å². The molecule has 0 radical (unpaired) electrons. The number of amides is 2. The molecule has 180 valence electrons. The van der Waals surface area contributed by atoms with Gasteiger partial charge in [-0.25, -0.2) is 4.79 Å². The first-order valence-corrected chi connectivity index (χ1v) is 12.1. The second-order valence-electron chi connectivity index (χ2n) is 7.77. The van der Waals surface area contributed by atoms with Crippen LogP contribution in [0.2, 0.25) is 10.0 Å². The first-order valence-electron chi connectivity index (χ1n) is 10.5. The summed E-state index contributed by atoms with van der Waals surface area (Å²) in [7, 11) is 0. The Morgan fingerprint density at radius 1 is 1.09 bits per heavy atom. The zero-order valence-corrected chi connectivity index (χ0v) is 21.1. The number of carboxylic acid groups (broad SMARTS) is 1. The molecule has 1 aliphatic heterocycles. The Morgan fingerprint density at radius 3 is 2.49 bits per heavy atom. The van der Waals surface area contributed by atoms with Gasteiger partial charge >= 0.3 is 5.97 Å². The van der Waals surface area contributed by atoms with Gasteiger partial charge in [0.25, 0.3) is 11.1 Å². The summed E-state index contributed by atoms with van der Waals surface area (Å²) in [6.45, 7) is 4.01. The number of carbonyl (C=O) groups excluding carboxylic acids is 2. The number of hydrogen-bond acceptors (Lipinski definition) is 5. The highest BCUT2D eigenvalue weighted by molar-refractivity contribution is 8.18. The summed E-state index contributed by atoms with van der Waals surface area (Å²) in [5, 5.41) is 9.77. The average molecular weight is 531 g/mol. The maximum atomic E-state index is 12.9. The zero-order valence-electron chi connectivity index (χ0n) is 18.7. The summed E-state index contributed by atoms with van der Waals surface area (Å²) in [6, 6.07) is 13.5. The molecule has 0 atom stereocenters. The fourth-order valence-corrected chi connectivity index (χ4v) is 4.95. The highest BCUT2D eigenvalue weighted by Gasteiger charge is 2.35. The number of aryl methyl sites for hydroxylation is 1. The van der Waals surface area contributed by atoms with Crippen LogP contribution in [0.15, 0.2) is 53.4 Å². The van der Waals surface area contributed by atoms with Gasteiger partial charge in [-0.15, -0.1) is 0 Å². The second kappa shape index (κ2) is 10.2. The van der Waals surface area contributed by atoms with Crippen molar-refractivity contribution in [1.82, 2.24) is 9.47 Å². The predicted octanol–water partition coefficient (Wildman–Crippen LogP) is 6.21. The molecular weight excluding hydrogens is 511 g/mol. The van der Waals surface area contributed by atoms with E-state index in [0.717, 1.165) is 33.6 Å². The van der Waals surface area contributed by atoms with Crippen molar-refractivity contribution in [3.05, 3.63) is 86.0 Å². The number of aromatic nitrogens is 1. The molecule has 2 heterocycles. The molecule has 1 saturated heterocycles. The number of benzene rings is 2. The first kappa shape index (κ1) is 24.9. The van der Waals surface area contributed by atoms with Crippen LogP contribution in [0.4, 0.5) is 4.79 Å². The maximum Gasteiger partial charge on any atom is 0.337 e. The van der Waals surface area contributed by atoms with Crippen LogP contribution in [0.1, 0.15) is 27.3 Å². The molecule has 1 aliphatic rings. The van der Waals surface area contributed by atoms with Crippen LogP contribution < -0.4 is 4.74 Å². The largest absolute Gasteiger partial charge is 0.492 e. The molecule has 0 bridgehead atoms. The number of imide groups is 1. The Kier molecular flexibility index (Phi) is 7.25. The number of halogens is 2. The van der Waals surface area contributed by atoms with Gasteiger partial charge in [0.05, 0.1) is 22.0 Å². The second-order valence-corrected chi connectivity index (χ2v) is 9.60. The maximum absolute atomic E-state index is 12.9. The molecule has 0 aliphatic carbocycles. The molecule has 1 fully saturated rings. The Balaban J connectivity index is 1.52. The Hall–Kier alpha value is -3.20. The van der Waals surface area contributed by atoms with Crippen molar-refractivity contribution in [2.45, 2.75) is 13.8 Å². The minimum Gasteiger partial charge on any atom is -0.492 e. The van der Waals surface area contributed by atoms with Gasteiger partial charge in [-0.3, -0.25) is 14.5 Å². The minimum absolute atomic E-state index is 0.000144. The van der Waals surface area contributed by atoms with E-state index in [4.69, 9.17) is 27.9 Å². The van der Waals surface area contributed by atoms with E-state index in [9.17, 15) is 19.5 Å². The van der Waals surface area contributed by atoms with Crippen molar-refractivity contribution in [3.63, 3.8) is 0 Å². The third-order valence-corrected chi connectivity index (χ3v) is 6.96. The summed E-state index contributed by atoms with van der Waals surface area (Å²) < 4.78 is 7.48. The van der Waals surface area contributed by atoms with Crippen molar-refractivity contribution in [2.75, 3.05) is 13.2 Å². The smallest absolute Gasteiger partial charge is 0.337 e. The normalized spacial score (nSPS) is 14.7. The van der Waals surface area contributed by atoms with Crippen molar-refractivity contribution in [1.29, 1.82) is 0 Å². The molecule has 7 nitrogen and oxygen atoms in total. The summed E-state index contributed by atoms with van der Waals surface area (Å²) in [6.07, 6.45) is 1.68. The number of nitrogens with zero attached hydrogens (tertiary/aromatic N) is 2. The van der Waals surface area contributed by atoms with Gasteiger partial charge in [0.15, 0.2) is 0 Å². The lowest BCUT2D eigenvalue weighted by Crippen LogP contribution is -2.32. The summed E-state index contributed by atoms with van der Waals surface area (Å²) in [5.74, 6) is -0.907. The van der Waals surface area contributed by atoms with Gasteiger partial charge in [0, 0.05) is 22.1 Å². The van der Waals surface area contributed by atoms with Gasteiger partial charge in [0.2, 0.25) is 0 Å². The topological polar surface area (TPSA) is 88.8 Å². The lowest BCUT2D eigenvalue weighted by molar-refractivity contribution is -0.123. The van der Waals surface area contributed by atoms with Crippen LogP contribution in [-0.2, 0) is 4.79 Å². The molecular formula is C25H20Cl2N2O5S. The van der Waals surface area contributed by atoms with E-state index in [-0.39, 0.29) is 34.9 Å². The van der Waals surface area contributed by atoms with E-state index in [1.165, 1.54) is 12.1 Å². The van der Waals surface area contributed by atoms with Crippen LogP contribution >= 0.6 is 35.0 Å². The first-order chi connectivity index (χ1) is 16.7. The molecule has 2 aromatic carbocycles. The number of rotatable bonds is 7. The van der Waals surface area contributed by atoms with Crippen LogP contribution in [0.5, 0.6) is 5.75 Å². The number of ether oxygens (including phenoxy) is 1. The van der Waals surface area contributed by atoms with Crippen LogP contribution in [0, 0.1) is 13.8 Å². The third kappa shape index (κ3) is 5.24. The van der Waals surface area contributed by atoms with Gasteiger partial charge in [-0.2, -0.15) is 0 Å². The number of aromatic carboxylic acids is 1. The standard InChI is InChI=1S/C25H20Cl2N2O5S/c1-14-11-16(15(2)29(14)18-5-8-21(27)20(13-18)24(31)32)12-22-23(30)28(25(33)35-22)9-10-34-19-6-3-17(26)4-7-19/h3-8,11-13H,9-10H2,1-2H3,(H,31,32)/b22-12-. The fraction of sp³-hybridized carbons (Fsp3) is 0.160. The predicted molar refractivity (Wildman–Crippen MR) is 137 cm³/mol. The number of thioether (sulfide) groups is 1. The highest BCUT2D eigenvalue weighted by atomic mass is 35.5. The Morgan fingerprint density at radius 2 is 1.80 bits per heavy atom. The highest BCUT2D eigenvalue weighted by Crippen LogP contribution is 2.34. The summed E-state index contributed by atoms with van der Waals surface area (Å²) >= 11 is 12.7. The molecule has 0 unspecified atom stereocenters. The van der Waals surface area contributed by atoms with E-state index in [0.29, 0.717) is 21.4 Å². The van der Waals surface area contributed by atoms with Crippen molar-refractivity contribution in [2.24, 2.45) is 0 Å². The number of hydrogen-bond donors (Lipinski definition) is 1. The van der Waals surface area contributed by atoms with E-state index < -0.39 is 5.97 Å². The van der Waals surface area contributed by atoms with Crippen LogP contribution in [-0.4, -0.2) is 44.8 Å². The minimum atomic E-state index is -1.12. The van der Waals surface area contributed by atoms with Crippen molar-refractivity contribution >= 4 is 58.2 Å². The zero-order chi connectivity index (χ0) is 25.3. The molecule has 35 heavy (non-hydrogen) atoms. The number of carbonyl (C=O) groups is 3. The SMILES string of the molecule is Cc1cc(/C=C2\SC(=O)N(CCOc3ccc(Cl)cc3)C2=O)c(C)n1-c1ccc(Cl)c(C(=O)O)c1. The van der Waals surface area contributed by atoms with Crippen LogP contribution in [0.25, 0.3) is 11.8 Å². The molecule has 1 aromatic heterocycles. The Bertz CT molecular complexity index is 1360. The van der Waals surface area contributed by atoms with E-state index in [2.05, 4.69) is 0 Å². The van der Waals surface area contributed by atoms with E-state index in [1.807, 2.05) is 24.5 Å². The van der Waals surface area contributed by atoms with Crippen molar-refractivity contribution < 1.29 is 24.2 Å². The van der Waals surface area contributed by atoms with Gasteiger partial charge in [0.1, 0.15) is 12.4 Å². The van der Waals surface area contributed by atoms with Gasteiger partial charge in [-0.1, -0.05) is 23.2 Å². The monoisotopic (exact) mass is 530 g/mol. The van der Waals surface area contributed by atoms with Gasteiger partial charge < -0.3 is 14.4 Å². The quantitative estimate of drug-likeness (QED) is 0.365. The molecule has 0 spiro atoms. The summed E-state index contributed by atoms with van der Waals surface area (Å²) in [4.78, 5) is 38.3.